The van der Waals surface area contributed by atoms with Crippen LogP contribution in [0.25, 0.3) is 5.65 Å². The molecule has 0 amide bonds. The molecule has 102 valence electrons. The Labute approximate surface area is 114 Å². The fourth-order valence-corrected chi connectivity index (χ4v) is 2.77. The number of rotatable bonds is 2. The molecule has 2 heterocycles. The van der Waals surface area contributed by atoms with Gasteiger partial charge in [0.1, 0.15) is 0 Å². The van der Waals surface area contributed by atoms with Gasteiger partial charge < -0.3 is 5.32 Å². The standard InChI is InChI=1S/C15H22N4/c1-11-4-5-13-17-14(18-19(13)10-11)16-12-6-8-15(2,3)9-7-12/h4-5,10,12H,6-9H2,1-3H3,(H,16,18). The molecule has 0 aromatic carbocycles. The number of pyridine rings is 1. The van der Waals surface area contributed by atoms with Gasteiger partial charge in [-0.15, -0.1) is 5.10 Å². The zero-order chi connectivity index (χ0) is 13.5. The van der Waals surface area contributed by atoms with E-state index in [2.05, 4.69) is 42.2 Å². The Bertz CT molecular complexity index is 575. The third-order valence-electron chi connectivity index (χ3n) is 4.15. The Kier molecular flexibility index (Phi) is 2.96. The summed E-state index contributed by atoms with van der Waals surface area (Å²) in [5.41, 5.74) is 2.61. The van der Waals surface area contributed by atoms with Gasteiger partial charge in [0.05, 0.1) is 0 Å². The summed E-state index contributed by atoms with van der Waals surface area (Å²) in [5, 5.41) is 7.98. The van der Waals surface area contributed by atoms with Crippen LogP contribution in [-0.4, -0.2) is 20.6 Å². The lowest BCUT2D eigenvalue weighted by Crippen LogP contribution is -2.30. The Balaban J connectivity index is 1.72. The zero-order valence-corrected chi connectivity index (χ0v) is 12.0. The van der Waals surface area contributed by atoms with Crippen LogP contribution < -0.4 is 5.32 Å². The van der Waals surface area contributed by atoms with E-state index in [1.54, 1.807) is 0 Å². The smallest absolute Gasteiger partial charge is 0.243 e. The molecule has 1 N–H and O–H groups in total. The molecule has 0 unspecified atom stereocenters. The van der Waals surface area contributed by atoms with Crippen LogP contribution in [0.15, 0.2) is 18.3 Å². The lowest BCUT2D eigenvalue weighted by Gasteiger charge is -2.34. The van der Waals surface area contributed by atoms with Gasteiger partial charge in [-0.25, -0.2) is 4.52 Å². The summed E-state index contributed by atoms with van der Waals surface area (Å²) in [5.74, 6) is 0.760. The van der Waals surface area contributed by atoms with Crippen molar-refractivity contribution in [3.05, 3.63) is 23.9 Å². The molecule has 1 fully saturated rings. The van der Waals surface area contributed by atoms with Crippen LogP contribution in [-0.2, 0) is 0 Å². The number of aromatic nitrogens is 3. The summed E-state index contributed by atoms with van der Waals surface area (Å²) in [7, 11) is 0. The lowest BCUT2D eigenvalue weighted by molar-refractivity contribution is 0.232. The maximum Gasteiger partial charge on any atom is 0.243 e. The first kappa shape index (κ1) is 12.5. The van der Waals surface area contributed by atoms with Crippen molar-refractivity contribution in [1.82, 2.24) is 14.6 Å². The fraction of sp³-hybridized carbons (Fsp3) is 0.600. The van der Waals surface area contributed by atoms with Gasteiger partial charge in [0.2, 0.25) is 5.95 Å². The second-order valence-electron chi connectivity index (χ2n) is 6.53. The molecule has 0 aliphatic heterocycles. The minimum absolute atomic E-state index is 0.502. The van der Waals surface area contributed by atoms with E-state index in [1.807, 2.05) is 16.8 Å². The third-order valence-corrected chi connectivity index (χ3v) is 4.15. The molecule has 19 heavy (non-hydrogen) atoms. The second kappa shape index (κ2) is 4.51. The number of hydrogen-bond donors (Lipinski definition) is 1. The first-order valence-corrected chi connectivity index (χ1v) is 7.11. The molecule has 1 aliphatic rings. The van der Waals surface area contributed by atoms with Crippen LogP contribution >= 0.6 is 0 Å². The molecular formula is C15H22N4. The Morgan fingerprint density at radius 3 is 2.74 bits per heavy atom. The highest BCUT2D eigenvalue weighted by Crippen LogP contribution is 2.35. The summed E-state index contributed by atoms with van der Waals surface area (Å²) in [6.07, 6.45) is 6.98. The number of anilines is 1. The van der Waals surface area contributed by atoms with E-state index in [4.69, 9.17) is 0 Å². The van der Waals surface area contributed by atoms with Crippen molar-refractivity contribution in [1.29, 1.82) is 0 Å². The molecule has 0 radical (unpaired) electrons. The van der Waals surface area contributed by atoms with Gasteiger partial charge in [-0.05, 0) is 49.7 Å². The summed E-state index contributed by atoms with van der Waals surface area (Å²) in [6, 6.07) is 4.60. The summed E-state index contributed by atoms with van der Waals surface area (Å²) < 4.78 is 1.85. The van der Waals surface area contributed by atoms with E-state index in [-0.39, 0.29) is 0 Å². The molecule has 2 aromatic rings. The van der Waals surface area contributed by atoms with Crippen molar-refractivity contribution in [2.45, 2.75) is 52.5 Å². The Morgan fingerprint density at radius 1 is 1.26 bits per heavy atom. The van der Waals surface area contributed by atoms with Crippen molar-refractivity contribution in [3.8, 4) is 0 Å². The van der Waals surface area contributed by atoms with Crippen molar-refractivity contribution in [2.24, 2.45) is 5.41 Å². The number of fused-ring (bicyclic) bond motifs is 1. The first-order valence-electron chi connectivity index (χ1n) is 7.11. The Morgan fingerprint density at radius 2 is 2.00 bits per heavy atom. The molecule has 1 saturated carbocycles. The van der Waals surface area contributed by atoms with Crippen molar-refractivity contribution in [2.75, 3.05) is 5.32 Å². The van der Waals surface area contributed by atoms with Crippen LogP contribution in [0.2, 0.25) is 0 Å². The van der Waals surface area contributed by atoms with E-state index >= 15 is 0 Å². The average Bonchev–Trinajstić information content (AvgIpc) is 2.73. The fourth-order valence-electron chi connectivity index (χ4n) is 2.77. The van der Waals surface area contributed by atoms with Crippen LogP contribution in [0.5, 0.6) is 0 Å². The highest BCUT2D eigenvalue weighted by molar-refractivity contribution is 5.44. The average molecular weight is 258 g/mol. The summed E-state index contributed by atoms with van der Waals surface area (Å²) >= 11 is 0. The number of nitrogens with one attached hydrogen (secondary N) is 1. The third kappa shape index (κ3) is 2.72. The van der Waals surface area contributed by atoms with E-state index in [1.165, 1.54) is 31.2 Å². The highest BCUT2D eigenvalue weighted by atomic mass is 15.3. The van der Waals surface area contributed by atoms with Crippen LogP contribution in [0.3, 0.4) is 0 Å². The van der Waals surface area contributed by atoms with Gasteiger partial charge in [0.25, 0.3) is 0 Å². The highest BCUT2D eigenvalue weighted by Gasteiger charge is 2.27. The molecule has 2 aromatic heterocycles. The Hall–Kier alpha value is -1.58. The van der Waals surface area contributed by atoms with Crippen molar-refractivity contribution < 1.29 is 0 Å². The second-order valence-corrected chi connectivity index (χ2v) is 6.53. The minimum Gasteiger partial charge on any atom is -0.350 e. The first-order chi connectivity index (χ1) is 9.02. The van der Waals surface area contributed by atoms with Gasteiger partial charge >= 0.3 is 0 Å². The largest absolute Gasteiger partial charge is 0.350 e. The minimum atomic E-state index is 0.502. The van der Waals surface area contributed by atoms with E-state index < -0.39 is 0 Å². The zero-order valence-electron chi connectivity index (χ0n) is 12.0. The van der Waals surface area contributed by atoms with E-state index in [0.717, 1.165) is 11.6 Å². The molecule has 0 spiro atoms. The molecule has 0 bridgehead atoms. The number of nitrogens with zero attached hydrogens (tertiary/aromatic N) is 3. The van der Waals surface area contributed by atoms with Gasteiger partial charge in [0, 0.05) is 12.2 Å². The normalized spacial score (nSPS) is 19.7. The maximum atomic E-state index is 4.53. The quantitative estimate of drug-likeness (QED) is 0.897. The molecule has 4 nitrogen and oxygen atoms in total. The summed E-state index contributed by atoms with van der Waals surface area (Å²) in [4.78, 5) is 4.53. The van der Waals surface area contributed by atoms with E-state index in [0.29, 0.717) is 11.5 Å². The van der Waals surface area contributed by atoms with Crippen LogP contribution in [0, 0.1) is 12.3 Å². The SMILES string of the molecule is Cc1ccc2nc(NC3CCC(C)(C)CC3)nn2c1. The monoisotopic (exact) mass is 258 g/mol. The molecule has 4 heteroatoms. The van der Waals surface area contributed by atoms with Gasteiger partial charge in [-0.1, -0.05) is 19.9 Å². The molecule has 0 saturated heterocycles. The maximum absolute atomic E-state index is 4.53. The van der Waals surface area contributed by atoms with Crippen LogP contribution in [0.1, 0.15) is 45.1 Å². The predicted octanol–water partition coefficient (Wildman–Crippen LogP) is 3.42. The predicted molar refractivity (Wildman–Crippen MR) is 77.4 cm³/mol. The van der Waals surface area contributed by atoms with Gasteiger partial charge in [-0.2, -0.15) is 4.98 Å². The molecule has 1 aliphatic carbocycles. The van der Waals surface area contributed by atoms with Gasteiger partial charge in [0.15, 0.2) is 5.65 Å². The lowest BCUT2D eigenvalue weighted by atomic mass is 9.76. The molecular weight excluding hydrogens is 236 g/mol. The topological polar surface area (TPSA) is 42.2 Å². The molecule has 3 rings (SSSR count). The van der Waals surface area contributed by atoms with Gasteiger partial charge in [-0.3, -0.25) is 0 Å². The van der Waals surface area contributed by atoms with Crippen molar-refractivity contribution >= 4 is 11.6 Å². The number of hydrogen-bond acceptors (Lipinski definition) is 3. The molecule has 0 atom stereocenters. The summed E-state index contributed by atoms with van der Waals surface area (Å²) in [6.45, 7) is 6.78. The van der Waals surface area contributed by atoms with E-state index in [9.17, 15) is 0 Å². The van der Waals surface area contributed by atoms with Crippen LogP contribution in [0.4, 0.5) is 5.95 Å². The van der Waals surface area contributed by atoms with Crippen molar-refractivity contribution in [3.63, 3.8) is 0 Å². The number of aryl methyl sites for hydroxylation is 1.